The van der Waals surface area contributed by atoms with E-state index >= 15 is 0 Å². The van der Waals surface area contributed by atoms with Gasteiger partial charge in [-0.25, -0.2) is 14.8 Å². The van der Waals surface area contributed by atoms with Gasteiger partial charge in [0.15, 0.2) is 0 Å². The largest absolute Gasteiger partial charge is 0.493 e. The quantitative estimate of drug-likeness (QED) is 0.597. The number of pyridine rings is 1. The summed E-state index contributed by atoms with van der Waals surface area (Å²) >= 11 is 0. The number of carbonyl (C=O) groups is 1. The van der Waals surface area contributed by atoms with Crippen LogP contribution in [0.1, 0.15) is 34.7 Å². The lowest BCUT2D eigenvalue weighted by molar-refractivity contribution is -0.0591. The summed E-state index contributed by atoms with van der Waals surface area (Å²) in [5.74, 6) is 0.657. The molecule has 2 aliphatic rings. The fraction of sp³-hybridized carbons (Fsp3) is 0.375. The monoisotopic (exact) mass is 434 g/mol. The number of carbonyl (C=O) groups excluding carboxylic acids is 1. The van der Waals surface area contributed by atoms with Gasteiger partial charge in [-0.1, -0.05) is 12.1 Å². The molecule has 5 rings (SSSR count). The summed E-state index contributed by atoms with van der Waals surface area (Å²) in [7, 11) is 1.39. The number of aromatic nitrogens is 3. The fourth-order valence-corrected chi connectivity index (χ4v) is 4.26. The van der Waals surface area contributed by atoms with Gasteiger partial charge in [0.1, 0.15) is 5.82 Å². The van der Waals surface area contributed by atoms with E-state index in [0.29, 0.717) is 12.1 Å². The van der Waals surface area contributed by atoms with Crippen molar-refractivity contribution in [1.29, 1.82) is 0 Å². The van der Waals surface area contributed by atoms with Crippen molar-refractivity contribution in [3.05, 3.63) is 59.6 Å². The van der Waals surface area contributed by atoms with E-state index in [1.807, 2.05) is 24.3 Å². The minimum absolute atomic E-state index is 0.0454. The minimum Gasteiger partial charge on any atom is -0.493 e. The van der Waals surface area contributed by atoms with Crippen LogP contribution in [0.5, 0.6) is 5.88 Å². The van der Waals surface area contributed by atoms with Crippen LogP contribution < -0.4 is 0 Å². The second-order valence-corrected chi connectivity index (χ2v) is 8.21. The van der Waals surface area contributed by atoms with E-state index in [0.717, 1.165) is 67.2 Å². The molecule has 0 saturated carbocycles. The number of ether oxygens (including phenoxy) is 2. The number of methoxy groups -OCH3 is 1. The Hall–Kier alpha value is -3.23. The van der Waals surface area contributed by atoms with Crippen LogP contribution in [0.25, 0.3) is 16.6 Å². The molecular weight excluding hydrogens is 408 g/mol. The molecule has 3 aromatic rings. The highest BCUT2D eigenvalue weighted by atomic mass is 16.5. The highest BCUT2D eigenvalue weighted by Gasteiger charge is 2.24. The molecule has 2 aliphatic heterocycles. The van der Waals surface area contributed by atoms with E-state index in [1.54, 1.807) is 12.1 Å². The molecule has 8 nitrogen and oxygen atoms in total. The number of rotatable bonds is 6. The molecule has 1 saturated heterocycles. The number of fused-ring (bicyclic) bond motifs is 1. The van der Waals surface area contributed by atoms with Crippen LogP contribution in [0.15, 0.2) is 42.5 Å². The molecule has 8 heteroatoms. The highest BCUT2D eigenvalue weighted by molar-refractivity contribution is 5.93. The lowest BCUT2D eigenvalue weighted by atomic mass is 10.0. The summed E-state index contributed by atoms with van der Waals surface area (Å²) in [6.07, 6.45) is 4.23. The minimum atomic E-state index is -0.352. The van der Waals surface area contributed by atoms with Gasteiger partial charge in [-0.15, -0.1) is 0 Å². The van der Waals surface area contributed by atoms with Gasteiger partial charge in [-0.2, -0.15) is 0 Å². The van der Waals surface area contributed by atoms with Crippen LogP contribution in [-0.4, -0.2) is 63.4 Å². The zero-order chi connectivity index (χ0) is 22.1. The number of imidazole rings is 1. The Labute approximate surface area is 186 Å². The Morgan fingerprint density at radius 2 is 2.16 bits per heavy atom. The number of hydrogen-bond acceptors (Lipinski definition) is 7. The van der Waals surface area contributed by atoms with Gasteiger partial charge in [0.25, 0.3) is 0 Å². The molecule has 0 spiro atoms. The molecule has 32 heavy (non-hydrogen) atoms. The van der Waals surface area contributed by atoms with E-state index in [4.69, 9.17) is 14.5 Å². The smallest absolute Gasteiger partial charge is 0.337 e. The molecule has 1 N–H and O–H groups in total. The van der Waals surface area contributed by atoms with Crippen molar-refractivity contribution in [1.82, 2.24) is 19.4 Å². The van der Waals surface area contributed by atoms with Gasteiger partial charge in [0.05, 0.1) is 48.6 Å². The number of nitrogens with zero attached hydrogens (tertiary/aromatic N) is 4. The highest BCUT2D eigenvalue weighted by Crippen LogP contribution is 2.26. The Morgan fingerprint density at radius 3 is 2.84 bits per heavy atom. The van der Waals surface area contributed by atoms with Gasteiger partial charge in [0.2, 0.25) is 5.88 Å². The third-order valence-corrected chi connectivity index (χ3v) is 6.15. The summed E-state index contributed by atoms with van der Waals surface area (Å²) in [6.45, 7) is 3.87. The molecule has 2 aromatic heterocycles. The van der Waals surface area contributed by atoms with E-state index < -0.39 is 0 Å². The molecule has 1 fully saturated rings. The summed E-state index contributed by atoms with van der Waals surface area (Å²) in [4.78, 5) is 23.5. The van der Waals surface area contributed by atoms with Gasteiger partial charge in [-0.3, -0.25) is 4.90 Å². The predicted octanol–water partition coefficient (Wildman–Crippen LogP) is 3.00. The van der Waals surface area contributed by atoms with Crippen molar-refractivity contribution < 1.29 is 19.4 Å². The van der Waals surface area contributed by atoms with Crippen LogP contribution >= 0.6 is 0 Å². The standard InChI is InChI=1S/C24H26N4O4/c1-31-24(30)17-5-6-20-21(13-17)28(14-18-9-12-32-18)22(25-20)15-27-10-7-16(8-11-27)19-3-2-4-23(29)26-19/h2-7,13,18H,8-12,14-15H2,1H3,(H,26,29)/t18-/m0/s1. The Bertz CT molecular complexity index is 1180. The topological polar surface area (TPSA) is 89.7 Å². The van der Waals surface area contributed by atoms with Gasteiger partial charge in [0, 0.05) is 25.8 Å². The zero-order valence-corrected chi connectivity index (χ0v) is 18.0. The predicted molar refractivity (Wildman–Crippen MR) is 119 cm³/mol. The third kappa shape index (κ3) is 4.11. The first-order valence-electron chi connectivity index (χ1n) is 10.9. The second-order valence-electron chi connectivity index (χ2n) is 8.21. The molecule has 4 heterocycles. The summed E-state index contributed by atoms with van der Waals surface area (Å²) in [5.41, 5.74) is 4.29. The maximum Gasteiger partial charge on any atom is 0.337 e. The first kappa shape index (κ1) is 20.7. The number of aromatic hydroxyl groups is 1. The lowest BCUT2D eigenvalue weighted by Crippen LogP contribution is -2.33. The Morgan fingerprint density at radius 1 is 1.28 bits per heavy atom. The third-order valence-electron chi connectivity index (χ3n) is 6.15. The molecular formula is C24H26N4O4. The molecule has 0 aliphatic carbocycles. The fourth-order valence-electron chi connectivity index (χ4n) is 4.26. The summed E-state index contributed by atoms with van der Waals surface area (Å²) < 4.78 is 12.8. The first-order chi connectivity index (χ1) is 15.6. The molecule has 1 aromatic carbocycles. The number of esters is 1. The van der Waals surface area contributed by atoms with Crippen molar-refractivity contribution in [2.75, 3.05) is 26.8 Å². The van der Waals surface area contributed by atoms with Crippen LogP contribution in [0.3, 0.4) is 0 Å². The maximum atomic E-state index is 12.0. The SMILES string of the molecule is COC(=O)c1ccc2nc(CN3CC=C(c4cccc(O)n4)CC3)n(C[C@@H]3CCO3)c2c1. The summed E-state index contributed by atoms with van der Waals surface area (Å²) in [6, 6.07) is 10.8. The molecule has 1 atom stereocenters. The number of benzene rings is 1. The maximum absolute atomic E-state index is 12.0. The van der Waals surface area contributed by atoms with Gasteiger partial charge in [-0.05, 0) is 42.7 Å². The Kier molecular flexibility index (Phi) is 5.63. The van der Waals surface area contributed by atoms with Crippen molar-refractivity contribution in [3.8, 4) is 5.88 Å². The van der Waals surface area contributed by atoms with Crippen molar-refractivity contribution in [2.45, 2.75) is 32.0 Å². The van der Waals surface area contributed by atoms with E-state index in [2.05, 4.69) is 20.5 Å². The van der Waals surface area contributed by atoms with Crippen LogP contribution in [0, 0.1) is 0 Å². The van der Waals surface area contributed by atoms with Crippen LogP contribution in [0.4, 0.5) is 0 Å². The Balaban J connectivity index is 1.39. The second kappa shape index (κ2) is 8.72. The molecule has 0 bridgehead atoms. The molecule has 0 unspecified atom stereocenters. The summed E-state index contributed by atoms with van der Waals surface area (Å²) in [5, 5.41) is 9.66. The van der Waals surface area contributed by atoms with Crippen LogP contribution in [0.2, 0.25) is 0 Å². The van der Waals surface area contributed by atoms with Gasteiger partial charge >= 0.3 is 5.97 Å². The van der Waals surface area contributed by atoms with Crippen molar-refractivity contribution in [2.24, 2.45) is 0 Å². The zero-order valence-electron chi connectivity index (χ0n) is 18.0. The molecule has 0 radical (unpaired) electrons. The average Bonchev–Trinajstić information content (AvgIpc) is 3.12. The van der Waals surface area contributed by atoms with E-state index in [-0.39, 0.29) is 18.0 Å². The van der Waals surface area contributed by atoms with E-state index in [1.165, 1.54) is 7.11 Å². The average molecular weight is 434 g/mol. The van der Waals surface area contributed by atoms with E-state index in [9.17, 15) is 9.90 Å². The normalized spacial score (nSPS) is 18.9. The molecule has 166 valence electrons. The van der Waals surface area contributed by atoms with Crippen molar-refractivity contribution >= 4 is 22.6 Å². The first-order valence-corrected chi connectivity index (χ1v) is 10.9. The van der Waals surface area contributed by atoms with Crippen LogP contribution in [-0.2, 0) is 22.6 Å². The molecule has 0 amide bonds. The van der Waals surface area contributed by atoms with Crippen molar-refractivity contribution in [3.63, 3.8) is 0 Å². The lowest BCUT2D eigenvalue weighted by Gasteiger charge is -2.29. The number of hydrogen-bond donors (Lipinski definition) is 1. The van der Waals surface area contributed by atoms with Gasteiger partial charge < -0.3 is 19.1 Å².